The average Bonchev–Trinajstić information content (AvgIpc) is 2.92. The zero-order valence-electron chi connectivity index (χ0n) is 10.2. The van der Waals surface area contributed by atoms with Gasteiger partial charge in [-0.15, -0.1) is 41.5 Å². The first-order chi connectivity index (χ1) is 7.38. The summed E-state index contributed by atoms with van der Waals surface area (Å²) in [5.41, 5.74) is 1.37. The van der Waals surface area contributed by atoms with Crippen LogP contribution in [-0.4, -0.2) is 0 Å². The number of aryl methyl sites for hydroxylation is 1. The van der Waals surface area contributed by atoms with Gasteiger partial charge < -0.3 is 24.8 Å². The SMILES string of the molecule is Cc1c[cH-]c2ccccc12.[C-]1=CC=CC1.[Cl-].[Cl-].[Ti+4]. The molecule has 2 aromatic carbocycles. The molecule has 0 spiro atoms. The summed E-state index contributed by atoms with van der Waals surface area (Å²) in [5.74, 6) is 0. The van der Waals surface area contributed by atoms with Gasteiger partial charge in [0.25, 0.3) is 0 Å². The maximum Gasteiger partial charge on any atom is 4.00 e. The maximum absolute atomic E-state index is 2.99. The average molecular weight is 313 g/mol. The Hall–Kier alpha value is -0.396. The fourth-order valence-corrected chi connectivity index (χ4v) is 1.65. The molecule has 0 aliphatic heterocycles. The number of benzene rings is 1. The van der Waals surface area contributed by atoms with Crippen LogP contribution >= 0.6 is 0 Å². The fraction of sp³-hybridized carbons (Fsp3) is 0.133. The Balaban J connectivity index is 0. The summed E-state index contributed by atoms with van der Waals surface area (Å²) in [5, 5.41) is 2.72. The Morgan fingerprint density at radius 1 is 1.17 bits per heavy atom. The van der Waals surface area contributed by atoms with E-state index in [4.69, 9.17) is 0 Å². The molecule has 0 N–H and O–H groups in total. The monoisotopic (exact) mass is 312 g/mol. The Kier molecular flexibility index (Phi) is 11.6. The van der Waals surface area contributed by atoms with E-state index in [0.29, 0.717) is 0 Å². The van der Waals surface area contributed by atoms with E-state index in [1.807, 2.05) is 12.2 Å². The number of rotatable bonds is 0. The third-order valence-electron chi connectivity index (χ3n) is 2.48. The predicted octanol–water partition coefficient (Wildman–Crippen LogP) is -1.82. The first-order valence-corrected chi connectivity index (χ1v) is 5.21. The molecule has 0 saturated heterocycles. The van der Waals surface area contributed by atoms with Crippen molar-refractivity contribution >= 4 is 10.8 Å². The number of fused-ring (bicyclic) bond motifs is 1. The van der Waals surface area contributed by atoms with E-state index >= 15 is 0 Å². The van der Waals surface area contributed by atoms with Gasteiger partial charge in [0, 0.05) is 0 Å². The summed E-state index contributed by atoms with van der Waals surface area (Å²) in [6.07, 6.45) is 10.0. The van der Waals surface area contributed by atoms with Crippen LogP contribution in [0.5, 0.6) is 0 Å². The molecule has 3 heteroatoms. The molecule has 18 heavy (non-hydrogen) atoms. The van der Waals surface area contributed by atoms with Crippen LogP contribution in [0.3, 0.4) is 0 Å². The third kappa shape index (κ3) is 5.50. The summed E-state index contributed by atoms with van der Waals surface area (Å²) in [6, 6.07) is 12.8. The summed E-state index contributed by atoms with van der Waals surface area (Å²) in [7, 11) is 0. The minimum atomic E-state index is 0. The van der Waals surface area contributed by atoms with Crippen LogP contribution in [0, 0.1) is 13.0 Å². The van der Waals surface area contributed by atoms with Crippen LogP contribution in [0.15, 0.2) is 54.6 Å². The van der Waals surface area contributed by atoms with Crippen molar-refractivity contribution in [2.75, 3.05) is 0 Å². The molecule has 0 nitrogen and oxygen atoms in total. The van der Waals surface area contributed by atoms with Crippen molar-refractivity contribution in [3.05, 3.63) is 66.3 Å². The van der Waals surface area contributed by atoms with Gasteiger partial charge in [-0.2, -0.15) is 17.7 Å². The normalized spacial score (nSPS) is 10.7. The molecule has 1 aliphatic carbocycles. The van der Waals surface area contributed by atoms with Crippen molar-refractivity contribution in [1.82, 2.24) is 0 Å². The molecule has 92 valence electrons. The molecule has 0 atom stereocenters. The van der Waals surface area contributed by atoms with Gasteiger partial charge in [0.15, 0.2) is 0 Å². The van der Waals surface area contributed by atoms with Gasteiger partial charge in [-0.1, -0.05) is 13.0 Å². The van der Waals surface area contributed by atoms with E-state index in [1.54, 1.807) is 0 Å². The fourth-order valence-electron chi connectivity index (χ4n) is 1.65. The Morgan fingerprint density at radius 2 is 1.89 bits per heavy atom. The van der Waals surface area contributed by atoms with Crippen LogP contribution < -0.4 is 24.8 Å². The summed E-state index contributed by atoms with van der Waals surface area (Å²) >= 11 is 0. The van der Waals surface area contributed by atoms with Crippen LogP contribution in [0.2, 0.25) is 0 Å². The van der Waals surface area contributed by atoms with E-state index in [0.717, 1.165) is 6.42 Å². The van der Waals surface area contributed by atoms with E-state index in [-0.39, 0.29) is 46.5 Å². The Morgan fingerprint density at radius 3 is 2.39 bits per heavy atom. The minimum absolute atomic E-state index is 0. The van der Waals surface area contributed by atoms with Crippen LogP contribution in [-0.2, 0) is 21.7 Å². The molecule has 0 heterocycles. The van der Waals surface area contributed by atoms with Crippen molar-refractivity contribution in [1.29, 1.82) is 0 Å². The molecule has 0 amide bonds. The summed E-state index contributed by atoms with van der Waals surface area (Å²) in [6.45, 7) is 2.14. The van der Waals surface area contributed by atoms with Gasteiger partial charge in [-0.05, 0) is 0 Å². The zero-order valence-corrected chi connectivity index (χ0v) is 13.2. The van der Waals surface area contributed by atoms with Crippen molar-refractivity contribution in [2.24, 2.45) is 0 Å². The zero-order chi connectivity index (χ0) is 10.5. The standard InChI is InChI=1S/C10H9.C5H5.2ClH.Ti/c1-8-6-7-9-4-2-3-5-10(8)9;1-2-4-5-3-1;;;/h2-7H,1H3;1-3H,4H2;2*1H;/q2*-1;;;+4/p-2. The maximum atomic E-state index is 2.99. The van der Waals surface area contributed by atoms with Gasteiger partial charge in [-0.3, -0.25) is 6.08 Å². The topological polar surface area (TPSA) is 0 Å². The first kappa shape index (κ1) is 19.9. The van der Waals surface area contributed by atoms with Crippen molar-refractivity contribution in [2.45, 2.75) is 13.3 Å². The molecule has 3 rings (SSSR count). The number of halogens is 2. The number of hydrogen-bond acceptors (Lipinski definition) is 0. The van der Waals surface area contributed by atoms with E-state index in [2.05, 4.69) is 55.5 Å². The van der Waals surface area contributed by atoms with Gasteiger partial charge >= 0.3 is 21.7 Å². The number of hydrogen-bond donors (Lipinski definition) is 0. The van der Waals surface area contributed by atoms with Crippen LogP contribution in [0.1, 0.15) is 12.0 Å². The second-order valence-electron chi connectivity index (χ2n) is 3.61. The second-order valence-corrected chi connectivity index (χ2v) is 3.61. The second kappa shape index (κ2) is 10.5. The van der Waals surface area contributed by atoms with Crippen LogP contribution in [0.25, 0.3) is 10.8 Å². The van der Waals surface area contributed by atoms with Gasteiger partial charge in [-0.25, -0.2) is 12.2 Å². The minimum Gasteiger partial charge on any atom is -1.00 e. The molecular weight excluding hydrogens is 299 g/mol. The summed E-state index contributed by atoms with van der Waals surface area (Å²) < 4.78 is 0. The van der Waals surface area contributed by atoms with Gasteiger partial charge in [0.2, 0.25) is 0 Å². The molecule has 0 radical (unpaired) electrons. The van der Waals surface area contributed by atoms with Crippen molar-refractivity contribution in [3.63, 3.8) is 0 Å². The third-order valence-corrected chi connectivity index (χ3v) is 2.48. The Bertz CT molecular complexity index is 488. The quantitative estimate of drug-likeness (QED) is 0.397. The molecule has 2 aromatic rings. The van der Waals surface area contributed by atoms with Gasteiger partial charge in [0.05, 0.1) is 0 Å². The smallest absolute Gasteiger partial charge is 1.00 e. The first-order valence-electron chi connectivity index (χ1n) is 5.21. The van der Waals surface area contributed by atoms with E-state index in [9.17, 15) is 0 Å². The molecule has 0 aromatic heterocycles. The molecule has 0 bridgehead atoms. The molecule has 1 aliphatic rings. The number of allylic oxidation sites excluding steroid dienone is 4. The van der Waals surface area contributed by atoms with Crippen LogP contribution in [0.4, 0.5) is 0 Å². The van der Waals surface area contributed by atoms with Crippen molar-refractivity contribution < 1.29 is 46.5 Å². The van der Waals surface area contributed by atoms with Crippen molar-refractivity contribution in [3.8, 4) is 0 Å². The predicted molar refractivity (Wildman–Crippen MR) is 65.8 cm³/mol. The Labute approximate surface area is 136 Å². The molecular formula is C15H14Cl2Ti. The largest absolute Gasteiger partial charge is 4.00 e. The molecule has 0 saturated carbocycles. The van der Waals surface area contributed by atoms with E-state index in [1.165, 1.54) is 16.3 Å². The van der Waals surface area contributed by atoms with E-state index < -0.39 is 0 Å². The van der Waals surface area contributed by atoms with Gasteiger partial charge in [0.1, 0.15) is 0 Å². The molecule has 0 unspecified atom stereocenters. The molecule has 0 fully saturated rings. The summed E-state index contributed by atoms with van der Waals surface area (Å²) in [4.78, 5) is 0.